The zero-order chi connectivity index (χ0) is 10.5. The van der Waals surface area contributed by atoms with E-state index in [2.05, 4.69) is 5.43 Å². The average molecular weight is 212 g/mol. The average Bonchev–Trinajstić information content (AvgIpc) is 2.89. The molecule has 88 valence electrons. The molecular weight excluding hydrogens is 188 g/mol. The molecule has 1 aliphatic heterocycles. The summed E-state index contributed by atoms with van der Waals surface area (Å²) in [5, 5.41) is 0. The summed E-state index contributed by atoms with van der Waals surface area (Å²) in [6, 6.07) is 0.469. The van der Waals surface area contributed by atoms with Crippen molar-refractivity contribution in [2.24, 2.45) is 11.8 Å². The summed E-state index contributed by atoms with van der Waals surface area (Å²) in [6.07, 6.45) is 10.9. The number of nitrogens with two attached hydrogens (primary N) is 1. The predicted octanol–water partition coefficient (Wildman–Crippen LogP) is 1.97. The zero-order valence-corrected chi connectivity index (χ0v) is 9.58. The van der Waals surface area contributed by atoms with E-state index in [1.54, 1.807) is 0 Å². The van der Waals surface area contributed by atoms with E-state index in [0.717, 1.165) is 18.9 Å². The summed E-state index contributed by atoms with van der Waals surface area (Å²) >= 11 is 0. The molecule has 2 aliphatic rings. The summed E-state index contributed by atoms with van der Waals surface area (Å²) in [4.78, 5) is 0. The molecule has 3 N–H and O–H groups in total. The SMILES string of the molecule is NNC(CC1CCCC1)CC1CCCO1. The number of hydrogen-bond donors (Lipinski definition) is 2. The first kappa shape index (κ1) is 11.4. The lowest BCUT2D eigenvalue weighted by atomic mass is 9.94. The van der Waals surface area contributed by atoms with Crippen molar-refractivity contribution in [1.82, 2.24) is 5.43 Å². The van der Waals surface area contributed by atoms with Gasteiger partial charge in [0.25, 0.3) is 0 Å². The van der Waals surface area contributed by atoms with Gasteiger partial charge >= 0.3 is 0 Å². The van der Waals surface area contributed by atoms with Gasteiger partial charge in [0.1, 0.15) is 0 Å². The van der Waals surface area contributed by atoms with Gasteiger partial charge in [-0.3, -0.25) is 11.3 Å². The summed E-state index contributed by atoms with van der Waals surface area (Å²) in [5.41, 5.74) is 2.98. The second kappa shape index (κ2) is 5.83. The van der Waals surface area contributed by atoms with E-state index in [-0.39, 0.29) is 0 Å². The third-order valence-corrected chi connectivity index (χ3v) is 3.90. The van der Waals surface area contributed by atoms with Crippen LogP contribution in [0.15, 0.2) is 0 Å². The molecule has 15 heavy (non-hydrogen) atoms. The molecule has 0 spiro atoms. The molecule has 0 aromatic heterocycles. The Morgan fingerprint density at radius 1 is 1.13 bits per heavy atom. The number of rotatable bonds is 5. The second-order valence-corrected chi connectivity index (χ2v) is 5.12. The Morgan fingerprint density at radius 3 is 2.53 bits per heavy atom. The van der Waals surface area contributed by atoms with Crippen LogP contribution in [0.25, 0.3) is 0 Å². The van der Waals surface area contributed by atoms with Crippen LogP contribution in [0.4, 0.5) is 0 Å². The van der Waals surface area contributed by atoms with Crippen molar-refractivity contribution in [2.75, 3.05) is 6.61 Å². The third kappa shape index (κ3) is 3.44. The van der Waals surface area contributed by atoms with Crippen molar-refractivity contribution in [3.63, 3.8) is 0 Å². The lowest BCUT2D eigenvalue weighted by molar-refractivity contribution is 0.0915. The Kier molecular flexibility index (Phi) is 4.42. The second-order valence-electron chi connectivity index (χ2n) is 5.12. The van der Waals surface area contributed by atoms with Crippen molar-refractivity contribution in [1.29, 1.82) is 0 Å². The highest BCUT2D eigenvalue weighted by atomic mass is 16.5. The molecule has 2 unspecified atom stereocenters. The van der Waals surface area contributed by atoms with Gasteiger partial charge in [-0.2, -0.15) is 0 Å². The van der Waals surface area contributed by atoms with Gasteiger partial charge in [0.05, 0.1) is 6.10 Å². The van der Waals surface area contributed by atoms with Gasteiger partial charge in [-0.05, 0) is 31.6 Å². The van der Waals surface area contributed by atoms with Gasteiger partial charge in [0.15, 0.2) is 0 Å². The maximum absolute atomic E-state index is 5.65. The molecule has 0 aromatic carbocycles. The minimum Gasteiger partial charge on any atom is -0.378 e. The molecular formula is C12H24N2O. The zero-order valence-electron chi connectivity index (χ0n) is 9.58. The maximum Gasteiger partial charge on any atom is 0.0591 e. The van der Waals surface area contributed by atoms with Gasteiger partial charge in [-0.1, -0.05) is 25.7 Å². The molecule has 2 rings (SSSR count). The standard InChI is InChI=1S/C12H24N2O/c13-14-11(8-10-4-1-2-5-10)9-12-6-3-7-15-12/h10-12,14H,1-9,13H2. The topological polar surface area (TPSA) is 47.3 Å². The van der Waals surface area contributed by atoms with E-state index in [0.29, 0.717) is 12.1 Å². The minimum absolute atomic E-state index is 0.465. The number of hydrogen-bond acceptors (Lipinski definition) is 3. The Balaban J connectivity index is 1.70. The molecule has 1 saturated carbocycles. The van der Waals surface area contributed by atoms with Crippen LogP contribution in [0.5, 0.6) is 0 Å². The monoisotopic (exact) mass is 212 g/mol. The third-order valence-electron chi connectivity index (χ3n) is 3.90. The Labute approximate surface area is 92.7 Å². The van der Waals surface area contributed by atoms with E-state index in [4.69, 9.17) is 10.6 Å². The first-order valence-electron chi connectivity index (χ1n) is 6.46. The van der Waals surface area contributed by atoms with Crippen LogP contribution in [0, 0.1) is 5.92 Å². The highest BCUT2D eigenvalue weighted by Crippen LogP contribution is 2.30. The highest BCUT2D eigenvalue weighted by molar-refractivity contribution is 4.78. The van der Waals surface area contributed by atoms with Crippen LogP contribution < -0.4 is 11.3 Å². The quantitative estimate of drug-likeness (QED) is 0.541. The number of ether oxygens (including phenoxy) is 1. The molecule has 0 radical (unpaired) electrons. The summed E-state index contributed by atoms with van der Waals surface area (Å²) in [5.74, 6) is 6.53. The van der Waals surface area contributed by atoms with Crippen molar-refractivity contribution in [2.45, 2.75) is 63.5 Å². The molecule has 1 saturated heterocycles. The maximum atomic E-state index is 5.65. The number of nitrogens with one attached hydrogen (secondary N) is 1. The number of hydrazine groups is 1. The smallest absolute Gasteiger partial charge is 0.0591 e. The molecule has 1 aliphatic carbocycles. The van der Waals surface area contributed by atoms with Crippen molar-refractivity contribution in [3.05, 3.63) is 0 Å². The summed E-state index contributed by atoms with van der Waals surface area (Å²) in [6.45, 7) is 0.950. The van der Waals surface area contributed by atoms with Gasteiger partial charge in [0.2, 0.25) is 0 Å². The molecule has 3 nitrogen and oxygen atoms in total. The van der Waals surface area contributed by atoms with E-state index in [1.165, 1.54) is 44.9 Å². The summed E-state index contributed by atoms with van der Waals surface area (Å²) in [7, 11) is 0. The van der Waals surface area contributed by atoms with Crippen LogP contribution in [-0.2, 0) is 4.74 Å². The van der Waals surface area contributed by atoms with E-state index < -0.39 is 0 Å². The van der Waals surface area contributed by atoms with Crippen molar-refractivity contribution < 1.29 is 4.74 Å². The fourth-order valence-corrected chi connectivity index (χ4v) is 3.03. The molecule has 2 fully saturated rings. The molecule has 2 atom stereocenters. The van der Waals surface area contributed by atoms with Crippen LogP contribution in [0.3, 0.4) is 0 Å². The first-order chi connectivity index (χ1) is 7.38. The molecule has 0 aromatic rings. The first-order valence-corrected chi connectivity index (χ1v) is 6.46. The lowest BCUT2D eigenvalue weighted by Crippen LogP contribution is -2.38. The predicted molar refractivity (Wildman–Crippen MR) is 61.3 cm³/mol. The van der Waals surface area contributed by atoms with E-state index in [9.17, 15) is 0 Å². The van der Waals surface area contributed by atoms with Crippen molar-refractivity contribution >= 4 is 0 Å². The lowest BCUT2D eigenvalue weighted by Gasteiger charge is -2.22. The largest absolute Gasteiger partial charge is 0.378 e. The highest BCUT2D eigenvalue weighted by Gasteiger charge is 2.24. The van der Waals surface area contributed by atoms with Crippen LogP contribution in [-0.4, -0.2) is 18.8 Å². The normalized spacial score (nSPS) is 29.8. The van der Waals surface area contributed by atoms with Gasteiger partial charge < -0.3 is 4.74 Å². The van der Waals surface area contributed by atoms with Crippen molar-refractivity contribution in [3.8, 4) is 0 Å². The molecule has 0 amide bonds. The van der Waals surface area contributed by atoms with Gasteiger partial charge in [0, 0.05) is 12.6 Å². The minimum atomic E-state index is 0.465. The van der Waals surface area contributed by atoms with E-state index >= 15 is 0 Å². The van der Waals surface area contributed by atoms with Crippen LogP contribution >= 0.6 is 0 Å². The summed E-state index contributed by atoms with van der Waals surface area (Å²) < 4.78 is 5.65. The van der Waals surface area contributed by atoms with Gasteiger partial charge in [-0.25, -0.2) is 0 Å². The Hall–Kier alpha value is -0.120. The Bertz CT molecular complexity index is 156. The fourth-order valence-electron chi connectivity index (χ4n) is 3.03. The van der Waals surface area contributed by atoms with Crippen LogP contribution in [0.1, 0.15) is 51.4 Å². The fraction of sp³-hybridized carbons (Fsp3) is 1.00. The van der Waals surface area contributed by atoms with Crippen LogP contribution in [0.2, 0.25) is 0 Å². The van der Waals surface area contributed by atoms with Gasteiger partial charge in [-0.15, -0.1) is 0 Å². The molecule has 1 heterocycles. The van der Waals surface area contributed by atoms with E-state index in [1.807, 2.05) is 0 Å². The molecule has 0 bridgehead atoms. The Morgan fingerprint density at radius 2 is 1.93 bits per heavy atom. The molecule has 3 heteroatoms.